The molecule has 0 N–H and O–H groups in total. The van der Waals surface area contributed by atoms with Gasteiger partial charge in [0.15, 0.2) is 0 Å². The van der Waals surface area contributed by atoms with Gasteiger partial charge >= 0.3 is 181 Å². The van der Waals surface area contributed by atoms with Crippen LogP contribution in [0.1, 0.15) is 1.43 Å². The van der Waals surface area contributed by atoms with E-state index in [0.29, 0.717) is 0 Å². The van der Waals surface area contributed by atoms with Crippen molar-refractivity contribution in [3.63, 3.8) is 0 Å². The van der Waals surface area contributed by atoms with Crippen LogP contribution in [0.25, 0.3) is 0 Å². The van der Waals surface area contributed by atoms with Crippen LogP contribution in [-0.2, 0) is 87.7 Å². The van der Waals surface area contributed by atoms with Gasteiger partial charge in [-0.3, -0.25) is 0 Å². The largest absolute Gasteiger partial charge is 0 e. The number of hydrogen-bond donors (Lipinski definition) is 0. The Morgan fingerprint density at radius 3 is 1.04 bits per heavy atom. The van der Waals surface area contributed by atoms with Crippen LogP contribution in [-0.4, -0.2) is 314 Å². The molecule has 0 aromatic rings. The third kappa shape index (κ3) is 185. The Morgan fingerprint density at radius 2 is 1.04 bits per heavy atom. The molecular weight excluding hydrogens is 2060 g/mol. The van der Waals surface area contributed by atoms with E-state index in [4.69, 9.17) is 0 Å². The fraction of sp³-hybridized carbons (Fsp3) is 0. The van der Waals surface area contributed by atoms with Gasteiger partial charge < -0.3 is 0 Å². The summed E-state index contributed by atoms with van der Waals surface area (Å²) in [6.45, 7) is 0. The Hall–Kier alpha value is 17.0. The molecule has 100 valence electrons. The van der Waals surface area contributed by atoms with Crippen molar-refractivity contribution in [2.45, 2.75) is 0 Å². The molecule has 23 heavy (non-hydrogen) atoms. The molecule has 0 amide bonds. The zero-order valence-corrected chi connectivity index (χ0v) is 49.0. The summed E-state index contributed by atoms with van der Waals surface area (Å²) in [5.74, 6) is 0. The Bertz CT molecular complexity index is 108. The molecule has 0 spiro atoms. The molecule has 0 saturated heterocycles. The van der Waals surface area contributed by atoms with E-state index in [1.807, 2.05) is 0 Å². The number of nitrogens with zero attached hydrogens (tertiary/aromatic N) is 1. The third-order valence-corrected chi connectivity index (χ3v) is 0. The van der Waals surface area contributed by atoms with E-state index in [0.717, 1.165) is 0 Å². The monoisotopic (exact) mass is 2080 g/mol. The topological polar surface area (TPSA) is 30.5 Å². The van der Waals surface area contributed by atoms with E-state index < -0.39 is 0 Å². The van der Waals surface area contributed by atoms with Crippen LogP contribution in [0.15, 0.2) is 0 Å². The van der Waals surface area contributed by atoms with Crippen LogP contribution in [0.4, 0.5) is 0 Å². The van der Waals surface area contributed by atoms with Gasteiger partial charge in [-0.25, -0.2) is 0 Å². The average molecular weight is 2080 g/mol. The molecular formula is H11AcAgAlBBaBeBiFeIn2LaLiMgNNaPbSSbScSeSiSmTa+5. The first-order chi connectivity index (χ1) is 0. The van der Waals surface area contributed by atoms with Gasteiger partial charge in [-0.1, -0.05) is 0 Å². The summed E-state index contributed by atoms with van der Waals surface area (Å²) >= 11 is 0. The van der Waals surface area contributed by atoms with Crippen molar-refractivity contribution in [1.82, 2.24) is 6.15 Å². The van der Waals surface area contributed by atoms with Gasteiger partial charge in [-0.05, 0) is 0 Å². The first-order valence-electron chi connectivity index (χ1n) is 0. The zero-order chi connectivity index (χ0) is 0. The molecule has 34 radical (unpaired) electrons. The summed E-state index contributed by atoms with van der Waals surface area (Å²) in [4.78, 5) is 0. The molecule has 0 aliphatic carbocycles. The van der Waals surface area contributed by atoms with Gasteiger partial charge in [0.25, 0.3) is 0 Å². The van der Waals surface area contributed by atoms with Gasteiger partial charge in [0, 0.05) is 362 Å². The average Bonchev–Trinajstić information content (AvgIpc) is 0. The van der Waals surface area contributed by atoms with Crippen molar-refractivity contribution in [2.75, 3.05) is 0 Å². The summed E-state index contributed by atoms with van der Waals surface area (Å²) < 4.78 is 0. The quantitative estimate of drug-likeness (QED) is 0.217. The Balaban J connectivity index is 0. The maximum atomic E-state index is 0. The molecule has 23 heteroatoms. The number of hydrogen-bond acceptors (Lipinski definition) is 0. The second-order valence-corrected chi connectivity index (χ2v) is 0. The summed E-state index contributed by atoms with van der Waals surface area (Å²) in [6.07, 6.45) is 0. The molecule has 0 rings (SSSR count). The van der Waals surface area contributed by atoms with E-state index in [-0.39, 0.29) is 543 Å². The van der Waals surface area contributed by atoms with Gasteiger partial charge in [0.2, 0.25) is 0 Å². The fourth-order valence-corrected chi connectivity index (χ4v) is 0. The van der Waals surface area contributed by atoms with E-state index >= 15 is 0 Å². The van der Waals surface area contributed by atoms with Crippen LogP contribution in [0, 0.1) is 120 Å². The van der Waals surface area contributed by atoms with Crippen molar-refractivity contribution < 1.29 is 209 Å². The number of rotatable bonds is 0. The predicted octanol–water partition coefficient (Wildman–Crippen LogP) is -7.74. The molecule has 0 fully saturated rings. The molecule has 0 saturated carbocycles. The maximum absolute atomic E-state index is 0. The van der Waals surface area contributed by atoms with Crippen molar-refractivity contribution >= 4 is 327 Å². The van der Waals surface area contributed by atoms with Crippen molar-refractivity contribution in [3.05, 3.63) is 0 Å². The predicted molar refractivity (Wildman–Crippen MR) is 105 cm³/mol. The molecule has 0 aromatic heterocycles. The molecule has 0 unspecified atom stereocenters. The van der Waals surface area contributed by atoms with Crippen LogP contribution in [0.5, 0.6) is 0 Å². The molecule has 1 nitrogen and oxygen atoms in total. The summed E-state index contributed by atoms with van der Waals surface area (Å²) in [5.41, 5.74) is 0. The van der Waals surface area contributed by atoms with Gasteiger partial charge in [0.1, 0.15) is 0 Å². The van der Waals surface area contributed by atoms with Crippen LogP contribution < -0.4 is 6.15 Å². The van der Waals surface area contributed by atoms with Crippen LogP contribution in [0.3, 0.4) is 0 Å². The SMILES string of the molecule is [Ac].[Ag].[Al].[B].[BaH2].[BeH2].[Bi].[Fe].[H+].[In+3].[In].[La].[LiH].[MgH2].[N+].[NaH].[Pb].[S].[Sb].[Sc].[SeH2].[Si].[Sm].[Ta]. The van der Waals surface area contributed by atoms with Crippen LogP contribution in [0.2, 0.25) is 0 Å². The Kier molecular flexibility index (Phi) is 1790. The van der Waals surface area contributed by atoms with Crippen LogP contribution >= 0.6 is 13.5 Å². The first kappa shape index (κ1) is 211. The molecule has 0 aliphatic rings. The van der Waals surface area contributed by atoms with Gasteiger partial charge in [-0.2, -0.15) is 0 Å². The van der Waals surface area contributed by atoms with Gasteiger partial charge in [0.05, 0.1) is 0 Å². The summed E-state index contributed by atoms with van der Waals surface area (Å²) in [7, 11) is 0. The van der Waals surface area contributed by atoms with Crippen molar-refractivity contribution in [1.29, 1.82) is 0 Å². The van der Waals surface area contributed by atoms with E-state index in [2.05, 4.69) is 0 Å². The molecule has 0 atom stereocenters. The van der Waals surface area contributed by atoms with E-state index in [1.54, 1.807) is 0 Å². The minimum Gasteiger partial charge on any atom is 0 e. The Labute approximate surface area is 525 Å². The molecule has 0 heterocycles. The first-order valence-corrected chi connectivity index (χ1v) is 0. The van der Waals surface area contributed by atoms with Gasteiger partial charge in [-0.15, -0.1) is 0 Å². The van der Waals surface area contributed by atoms with E-state index in [9.17, 15) is 0 Å². The zero-order valence-electron chi connectivity index (χ0n) is 9.80. The summed E-state index contributed by atoms with van der Waals surface area (Å²) in [6, 6.07) is 0. The normalized spacial score (nSPS) is 0. The molecule has 0 aliphatic heterocycles. The maximum Gasteiger partial charge on any atom is 0 e. The molecule has 0 bridgehead atoms. The Morgan fingerprint density at radius 1 is 1.04 bits per heavy atom. The smallest absolute Gasteiger partial charge is 0 e. The minimum atomic E-state index is 0. The van der Waals surface area contributed by atoms with Crippen molar-refractivity contribution in [3.8, 4) is 0 Å². The minimum absolute atomic E-state index is 0. The summed E-state index contributed by atoms with van der Waals surface area (Å²) in [5, 5.41) is 0. The third-order valence-electron chi connectivity index (χ3n) is 0. The fourth-order valence-electron chi connectivity index (χ4n) is 0. The second kappa shape index (κ2) is 195. The standard InChI is InChI=1S/Ac.Ag.Al.B.Ba.Be.Bi.Fe.2In.La.Li.Mg.N.Na.Pb.S.Sb.Sc.H2Se.Si.Sm.Ta.8H/h;;;;;;;;;;;;;;;;;;;1H2;;;;;;;;;;;/q;;;;;;;;;+3;;;;+1;;;;;;;;;;;;;;;;;/p+1. The van der Waals surface area contributed by atoms with E-state index in [1.165, 1.54) is 0 Å². The molecule has 0 aromatic carbocycles. The second-order valence-electron chi connectivity index (χ2n) is 0. The van der Waals surface area contributed by atoms with Crippen molar-refractivity contribution in [2.24, 2.45) is 0 Å².